The van der Waals surface area contributed by atoms with Crippen molar-refractivity contribution in [1.29, 1.82) is 0 Å². The standard InChI is InChI=1S/C20H20N10O2S/c1-2-21-19(32)24-15-12-30-16(23-15)5-6-18(27-30)33-20-26-25-17-4-3-13(11-29(17)20)14-9-22-28(10-14)7-8-31/h3-6,9-12,31H,2,7-8H2,1H3,(H2,21,24,32). The molecule has 33 heavy (non-hydrogen) atoms. The molecule has 0 unspecified atom stereocenters. The largest absolute Gasteiger partial charge is 0.394 e. The van der Waals surface area contributed by atoms with Gasteiger partial charge < -0.3 is 10.4 Å². The number of aliphatic hydroxyl groups excluding tert-OH is 1. The average Bonchev–Trinajstić information content (AvgIpc) is 3.52. The second kappa shape index (κ2) is 8.88. The zero-order chi connectivity index (χ0) is 22.8. The van der Waals surface area contributed by atoms with Crippen LogP contribution in [-0.4, -0.2) is 63.3 Å². The number of carbonyl (C=O) groups is 1. The van der Waals surface area contributed by atoms with Gasteiger partial charge in [-0.05, 0) is 43.0 Å². The van der Waals surface area contributed by atoms with Gasteiger partial charge in [-0.2, -0.15) is 10.2 Å². The summed E-state index contributed by atoms with van der Waals surface area (Å²) < 4.78 is 5.19. The van der Waals surface area contributed by atoms with Gasteiger partial charge in [-0.25, -0.2) is 14.3 Å². The Balaban J connectivity index is 1.40. The maximum absolute atomic E-state index is 11.7. The molecule has 0 bridgehead atoms. The fourth-order valence-corrected chi connectivity index (χ4v) is 4.02. The first-order chi connectivity index (χ1) is 16.1. The second-order valence-corrected chi connectivity index (χ2v) is 8.02. The lowest BCUT2D eigenvalue weighted by Crippen LogP contribution is -2.28. The van der Waals surface area contributed by atoms with Crippen LogP contribution in [0.2, 0.25) is 0 Å². The summed E-state index contributed by atoms with van der Waals surface area (Å²) in [5, 5.41) is 33.1. The third-order valence-electron chi connectivity index (χ3n) is 4.74. The highest BCUT2D eigenvalue weighted by Crippen LogP contribution is 2.27. The van der Waals surface area contributed by atoms with Gasteiger partial charge in [0.2, 0.25) is 5.16 Å². The summed E-state index contributed by atoms with van der Waals surface area (Å²) >= 11 is 1.36. The van der Waals surface area contributed by atoms with Gasteiger partial charge in [0.05, 0.1) is 25.5 Å². The molecule has 5 aromatic heterocycles. The molecule has 13 heteroatoms. The molecular formula is C20H20N10O2S. The Kier molecular flexibility index (Phi) is 5.62. The minimum Gasteiger partial charge on any atom is -0.394 e. The number of hydrogen-bond donors (Lipinski definition) is 3. The molecule has 168 valence electrons. The van der Waals surface area contributed by atoms with Crippen LogP contribution in [0.4, 0.5) is 10.6 Å². The highest BCUT2D eigenvalue weighted by Gasteiger charge is 2.12. The molecule has 5 rings (SSSR count). The summed E-state index contributed by atoms with van der Waals surface area (Å²) in [5.74, 6) is 0.412. The number of anilines is 1. The van der Waals surface area contributed by atoms with Gasteiger partial charge in [0.25, 0.3) is 0 Å². The number of carbonyl (C=O) groups excluding carboxylic acids is 1. The van der Waals surface area contributed by atoms with E-state index in [1.54, 1.807) is 21.6 Å². The molecule has 3 N–H and O–H groups in total. The lowest BCUT2D eigenvalue weighted by molar-refractivity contribution is 0.252. The van der Waals surface area contributed by atoms with Gasteiger partial charge in [-0.3, -0.25) is 14.4 Å². The maximum Gasteiger partial charge on any atom is 0.320 e. The van der Waals surface area contributed by atoms with Crippen molar-refractivity contribution in [2.75, 3.05) is 18.5 Å². The first-order valence-corrected chi connectivity index (χ1v) is 11.0. The summed E-state index contributed by atoms with van der Waals surface area (Å²) in [7, 11) is 0. The number of aliphatic hydroxyl groups is 1. The van der Waals surface area contributed by atoms with Crippen LogP contribution in [0.5, 0.6) is 0 Å². The minimum atomic E-state index is -0.317. The first kappa shape index (κ1) is 20.9. The van der Waals surface area contributed by atoms with Crippen LogP contribution in [0, 0.1) is 0 Å². The van der Waals surface area contributed by atoms with Crippen LogP contribution in [-0.2, 0) is 6.54 Å². The molecule has 5 heterocycles. The molecule has 0 aliphatic heterocycles. The van der Waals surface area contributed by atoms with Crippen LogP contribution in [0.3, 0.4) is 0 Å². The lowest BCUT2D eigenvalue weighted by atomic mass is 10.2. The number of urea groups is 1. The van der Waals surface area contributed by atoms with Crippen molar-refractivity contribution in [3.63, 3.8) is 0 Å². The summed E-state index contributed by atoms with van der Waals surface area (Å²) in [4.78, 5) is 16.1. The number of rotatable bonds is 7. The van der Waals surface area contributed by atoms with E-state index < -0.39 is 0 Å². The van der Waals surface area contributed by atoms with E-state index in [0.29, 0.717) is 40.4 Å². The summed E-state index contributed by atoms with van der Waals surface area (Å²) in [6.07, 6.45) is 7.24. The van der Waals surface area contributed by atoms with Crippen LogP contribution >= 0.6 is 11.8 Å². The van der Waals surface area contributed by atoms with Gasteiger partial charge in [0.1, 0.15) is 5.03 Å². The molecule has 0 fully saturated rings. The molecule has 0 saturated heterocycles. The number of imidazole rings is 1. The SMILES string of the molecule is CCNC(=O)Nc1cn2nc(Sc3nnc4ccc(-c5cnn(CCO)c5)cn34)ccc2n1. The number of amides is 2. The van der Waals surface area contributed by atoms with Gasteiger partial charge >= 0.3 is 6.03 Å². The predicted octanol–water partition coefficient (Wildman–Crippen LogP) is 1.92. The molecule has 0 aliphatic carbocycles. The zero-order valence-electron chi connectivity index (χ0n) is 17.6. The van der Waals surface area contributed by atoms with E-state index in [1.165, 1.54) is 11.8 Å². The van der Waals surface area contributed by atoms with E-state index in [9.17, 15) is 4.79 Å². The quantitative estimate of drug-likeness (QED) is 0.332. The van der Waals surface area contributed by atoms with Crippen molar-refractivity contribution in [3.05, 3.63) is 49.1 Å². The normalized spacial score (nSPS) is 11.3. The maximum atomic E-state index is 11.7. The molecule has 2 amide bonds. The monoisotopic (exact) mass is 464 g/mol. The van der Waals surface area contributed by atoms with Crippen LogP contribution < -0.4 is 10.6 Å². The Morgan fingerprint density at radius 3 is 2.82 bits per heavy atom. The van der Waals surface area contributed by atoms with Crippen molar-refractivity contribution in [2.24, 2.45) is 0 Å². The third kappa shape index (κ3) is 4.36. The summed E-state index contributed by atoms with van der Waals surface area (Å²) in [6.45, 7) is 2.84. The molecular weight excluding hydrogens is 444 g/mol. The van der Waals surface area contributed by atoms with E-state index in [4.69, 9.17) is 5.11 Å². The second-order valence-electron chi connectivity index (χ2n) is 7.03. The van der Waals surface area contributed by atoms with Crippen molar-refractivity contribution in [1.82, 2.24) is 44.3 Å². The van der Waals surface area contributed by atoms with Crippen LogP contribution in [0.15, 0.2) is 59.2 Å². The van der Waals surface area contributed by atoms with Gasteiger partial charge in [0, 0.05) is 30.1 Å². The smallest absolute Gasteiger partial charge is 0.320 e. The van der Waals surface area contributed by atoms with Crippen molar-refractivity contribution >= 4 is 34.9 Å². The minimum absolute atomic E-state index is 0.0319. The molecule has 0 spiro atoms. The average molecular weight is 465 g/mol. The fourth-order valence-electron chi connectivity index (χ4n) is 3.24. The summed E-state index contributed by atoms with van der Waals surface area (Å²) in [5.41, 5.74) is 3.20. The Bertz CT molecular complexity index is 1440. The molecule has 0 atom stereocenters. The first-order valence-electron chi connectivity index (χ1n) is 10.2. The highest BCUT2D eigenvalue weighted by atomic mass is 32.2. The van der Waals surface area contributed by atoms with E-state index in [-0.39, 0.29) is 12.6 Å². The van der Waals surface area contributed by atoms with E-state index in [2.05, 4.69) is 36.0 Å². The topological polar surface area (TPSA) is 140 Å². The molecule has 12 nitrogen and oxygen atoms in total. The fraction of sp³-hybridized carbons (Fsp3) is 0.200. The van der Waals surface area contributed by atoms with Crippen LogP contribution in [0.1, 0.15) is 6.92 Å². The van der Waals surface area contributed by atoms with Crippen molar-refractivity contribution < 1.29 is 9.90 Å². The van der Waals surface area contributed by atoms with E-state index >= 15 is 0 Å². The van der Waals surface area contributed by atoms with Gasteiger partial charge in [-0.1, -0.05) is 0 Å². The third-order valence-corrected chi connectivity index (χ3v) is 5.62. The predicted molar refractivity (Wildman–Crippen MR) is 121 cm³/mol. The Morgan fingerprint density at radius 2 is 1.97 bits per heavy atom. The van der Waals surface area contributed by atoms with E-state index in [1.807, 2.05) is 48.0 Å². The molecule has 0 radical (unpaired) electrons. The van der Waals surface area contributed by atoms with Crippen molar-refractivity contribution in [2.45, 2.75) is 23.7 Å². The van der Waals surface area contributed by atoms with E-state index in [0.717, 1.165) is 11.1 Å². The zero-order valence-corrected chi connectivity index (χ0v) is 18.4. The number of pyridine rings is 1. The molecule has 5 aromatic rings. The van der Waals surface area contributed by atoms with Gasteiger partial charge in [0.15, 0.2) is 17.1 Å². The number of nitrogens with one attached hydrogen (secondary N) is 2. The Labute approximate surface area is 191 Å². The molecule has 0 aliphatic rings. The number of hydrogen-bond acceptors (Lipinski definition) is 8. The lowest BCUT2D eigenvalue weighted by Gasteiger charge is -2.03. The molecule has 0 aromatic carbocycles. The number of fused-ring (bicyclic) bond motifs is 2. The van der Waals surface area contributed by atoms with Gasteiger partial charge in [-0.15, -0.1) is 10.2 Å². The Morgan fingerprint density at radius 1 is 1.09 bits per heavy atom. The summed E-state index contributed by atoms with van der Waals surface area (Å²) in [6, 6.07) is 7.19. The molecule has 0 saturated carbocycles. The van der Waals surface area contributed by atoms with Crippen LogP contribution in [0.25, 0.3) is 22.4 Å². The van der Waals surface area contributed by atoms with Crippen molar-refractivity contribution in [3.8, 4) is 11.1 Å². The highest BCUT2D eigenvalue weighted by molar-refractivity contribution is 7.99. The number of nitrogens with zero attached hydrogens (tertiary/aromatic N) is 8. The Hall–Kier alpha value is -3.97. The number of aromatic nitrogens is 8.